The molecule has 0 bridgehead atoms. The Hall–Kier alpha value is 1.21. The molecule has 0 spiro atoms. The topological polar surface area (TPSA) is 26.0 Å². The minimum atomic E-state index is 0.382. The summed E-state index contributed by atoms with van der Waals surface area (Å²) in [5, 5.41) is 0. The molecule has 0 rings (SSSR count). The minimum Gasteiger partial charge on any atom is -0.329 e. The molecule has 0 aromatic carbocycles. The van der Waals surface area contributed by atoms with E-state index in [0.29, 0.717) is 22.1 Å². The first-order chi connectivity index (χ1) is 4.20. The quantitative estimate of drug-likeness (QED) is 0.784. The summed E-state index contributed by atoms with van der Waals surface area (Å²) in [6.07, 6.45) is 0.986. The van der Waals surface area contributed by atoms with Gasteiger partial charge in [0.15, 0.2) is 0 Å². The van der Waals surface area contributed by atoms with Gasteiger partial charge in [0.2, 0.25) is 0 Å². The summed E-state index contributed by atoms with van der Waals surface area (Å²) in [4.78, 5) is 0.771. The van der Waals surface area contributed by atoms with E-state index in [2.05, 4.69) is 31.9 Å². The van der Waals surface area contributed by atoms with E-state index in [1.165, 1.54) is 0 Å². The molecule has 0 aliphatic carbocycles. The van der Waals surface area contributed by atoms with Crippen molar-refractivity contribution < 1.29 is 0 Å². The summed E-state index contributed by atoms with van der Waals surface area (Å²) >= 11 is 12.3. The van der Waals surface area contributed by atoms with Crippen molar-refractivity contribution in [3.63, 3.8) is 0 Å². The highest BCUT2D eigenvalue weighted by atomic mass is 79.9. The first kappa shape index (κ1) is 10.2. The van der Waals surface area contributed by atoms with Gasteiger partial charge in [-0.3, -0.25) is 0 Å². The first-order valence-electron chi connectivity index (χ1n) is 2.74. The lowest BCUT2D eigenvalue weighted by Gasteiger charge is -2.08. The van der Waals surface area contributed by atoms with Crippen LogP contribution in [-0.4, -0.2) is 22.1 Å². The van der Waals surface area contributed by atoms with Crippen LogP contribution in [0.1, 0.15) is 6.42 Å². The Balaban J connectivity index is 3.22. The zero-order chi connectivity index (χ0) is 7.28. The zero-order valence-electron chi connectivity index (χ0n) is 4.99. The smallest absolute Gasteiger partial charge is 0.0349 e. The van der Waals surface area contributed by atoms with Gasteiger partial charge in [-0.15, -0.1) is 11.6 Å². The molecule has 0 aliphatic rings. The first-order valence-corrected chi connectivity index (χ1v) is 5.11. The standard InChI is InChI=1S/C5H10Br2ClN/c6-4(2-8)1-5(7)3-9/h4-5H,1-3,9H2. The molecule has 0 saturated carbocycles. The predicted molar refractivity (Wildman–Crippen MR) is 49.8 cm³/mol. The van der Waals surface area contributed by atoms with Gasteiger partial charge in [0.1, 0.15) is 0 Å². The van der Waals surface area contributed by atoms with Gasteiger partial charge in [0.25, 0.3) is 0 Å². The molecule has 0 aromatic rings. The number of nitrogens with two attached hydrogens (primary N) is 1. The summed E-state index contributed by atoms with van der Waals surface area (Å²) in [7, 11) is 0. The maximum Gasteiger partial charge on any atom is 0.0349 e. The number of halogens is 3. The average Bonchev–Trinajstić information content (AvgIpc) is 1.87. The van der Waals surface area contributed by atoms with E-state index >= 15 is 0 Å². The Bertz CT molecular complexity index is 64.0. The van der Waals surface area contributed by atoms with Crippen LogP contribution in [0.5, 0.6) is 0 Å². The van der Waals surface area contributed by atoms with Crippen molar-refractivity contribution in [3.05, 3.63) is 0 Å². The van der Waals surface area contributed by atoms with Gasteiger partial charge in [0, 0.05) is 22.1 Å². The summed E-state index contributed by atoms with van der Waals surface area (Å²) < 4.78 is 0. The van der Waals surface area contributed by atoms with E-state index < -0.39 is 0 Å². The Morgan fingerprint density at radius 2 is 1.89 bits per heavy atom. The molecule has 0 aliphatic heterocycles. The Morgan fingerprint density at radius 3 is 2.22 bits per heavy atom. The summed E-state index contributed by atoms with van der Waals surface area (Å²) in [5.74, 6) is 0.641. The van der Waals surface area contributed by atoms with Crippen LogP contribution >= 0.6 is 43.5 Å². The third-order valence-corrected chi connectivity index (χ3v) is 3.13. The van der Waals surface area contributed by atoms with Crippen LogP contribution in [0, 0.1) is 0 Å². The molecular formula is C5H10Br2ClN. The molecule has 0 heterocycles. The Labute approximate surface area is 77.6 Å². The molecular weight excluding hydrogens is 269 g/mol. The van der Waals surface area contributed by atoms with Crippen molar-refractivity contribution in [3.8, 4) is 0 Å². The molecule has 1 nitrogen and oxygen atoms in total. The van der Waals surface area contributed by atoms with E-state index in [1.54, 1.807) is 0 Å². The van der Waals surface area contributed by atoms with Crippen LogP contribution in [0.2, 0.25) is 0 Å². The Kier molecular flexibility index (Phi) is 6.76. The largest absolute Gasteiger partial charge is 0.329 e. The van der Waals surface area contributed by atoms with Gasteiger partial charge in [-0.2, -0.15) is 0 Å². The third-order valence-electron chi connectivity index (χ3n) is 0.935. The van der Waals surface area contributed by atoms with Crippen molar-refractivity contribution >= 4 is 43.5 Å². The minimum absolute atomic E-state index is 0.382. The van der Waals surface area contributed by atoms with Crippen LogP contribution in [-0.2, 0) is 0 Å². The van der Waals surface area contributed by atoms with E-state index in [1.807, 2.05) is 0 Å². The van der Waals surface area contributed by atoms with Crippen molar-refractivity contribution in [1.29, 1.82) is 0 Å². The van der Waals surface area contributed by atoms with E-state index in [0.717, 1.165) is 6.42 Å². The van der Waals surface area contributed by atoms with Gasteiger partial charge >= 0.3 is 0 Å². The van der Waals surface area contributed by atoms with E-state index in [9.17, 15) is 0 Å². The summed E-state index contributed by atoms with van der Waals surface area (Å²) in [5.41, 5.74) is 5.36. The van der Waals surface area contributed by atoms with Gasteiger partial charge in [0.05, 0.1) is 0 Å². The highest BCUT2D eigenvalue weighted by Gasteiger charge is 2.07. The molecule has 2 N–H and O–H groups in total. The van der Waals surface area contributed by atoms with E-state index in [4.69, 9.17) is 17.3 Å². The molecule has 0 fully saturated rings. The second kappa shape index (κ2) is 5.96. The van der Waals surface area contributed by atoms with Crippen LogP contribution < -0.4 is 5.73 Å². The lowest BCUT2D eigenvalue weighted by Crippen LogP contribution is -2.18. The fourth-order valence-corrected chi connectivity index (χ4v) is 1.97. The molecule has 2 unspecified atom stereocenters. The number of alkyl halides is 3. The van der Waals surface area contributed by atoms with Gasteiger partial charge in [-0.25, -0.2) is 0 Å². The molecule has 2 atom stereocenters. The van der Waals surface area contributed by atoms with Crippen LogP contribution in [0.4, 0.5) is 0 Å². The molecule has 4 heteroatoms. The molecule has 0 aromatic heterocycles. The molecule has 0 amide bonds. The normalized spacial score (nSPS) is 17.3. The lowest BCUT2D eigenvalue weighted by atomic mass is 10.2. The van der Waals surface area contributed by atoms with Crippen LogP contribution in [0.25, 0.3) is 0 Å². The highest BCUT2D eigenvalue weighted by Crippen LogP contribution is 2.14. The fourth-order valence-electron chi connectivity index (χ4n) is 0.437. The Morgan fingerprint density at radius 1 is 1.33 bits per heavy atom. The second-order valence-electron chi connectivity index (χ2n) is 1.82. The molecule has 9 heavy (non-hydrogen) atoms. The SMILES string of the molecule is NCC(Br)CC(Br)CCl. The molecule has 0 radical (unpaired) electrons. The number of rotatable bonds is 4. The average molecular weight is 279 g/mol. The van der Waals surface area contributed by atoms with Gasteiger partial charge in [-0.05, 0) is 6.42 Å². The van der Waals surface area contributed by atoms with Crippen molar-refractivity contribution in [2.24, 2.45) is 5.73 Å². The van der Waals surface area contributed by atoms with Crippen LogP contribution in [0.3, 0.4) is 0 Å². The van der Waals surface area contributed by atoms with Crippen molar-refractivity contribution in [2.75, 3.05) is 12.4 Å². The summed E-state index contributed by atoms with van der Waals surface area (Å²) in [6, 6.07) is 0. The lowest BCUT2D eigenvalue weighted by molar-refractivity contribution is 0.777. The van der Waals surface area contributed by atoms with Gasteiger partial charge in [-0.1, -0.05) is 31.9 Å². The maximum absolute atomic E-state index is 5.54. The second-order valence-corrected chi connectivity index (χ2v) is 4.72. The number of hydrogen-bond donors (Lipinski definition) is 1. The fraction of sp³-hybridized carbons (Fsp3) is 1.00. The van der Waals surface area contributed by atoms with Crippen molar-refractivity contribution in [1.82, 2.24) is 0 Å². The van der Waals surface area contributed by atoms with E-state index in [-0.39, 0.29) is 0 Å². The summed E-state index contributed by atoms with van der Waals surface area (Å²) in [6.45, 7) is 0.666. The maximum atomic E-state index is 5.54. The predicted octanol–water partition coefficient (Wildman–Crippen LogP) is 2.10. The van der Waals surface area contributed by atoms with Crippen molar-refractivity contribution in [2.45, 2.75) is 16.1 Å². The van der Waals surface area contributed by atoms with Gasteiger partial charge < -0.3 is 5.73 Å². The zero-order valence-corrected chi connectivity index (χ0v) is 8.92. The molecule has 0 saturated heterocycles. The third kappa shape index (κ3) is 5.64. The highest BCUT2D eigenvalue weighted by molar-refractivity contribution is 9.10. The van der Waals surface area contributed by atoms with Crippen LogP contribution in [0.15, 0.2) is 0 Å². The molecule has 56 valence electrons. The monoisotopic (exact) mass is 277 g/mol. The number of hydrogen-bond acceptors (Lipinski definition) is 1.